The van der Waals surface area contributed by atoms with E-state index in [0.29, 0.717) is 19.3 Å². The minimum atomic E-state index is -0.780. The van der Waals surface area contributed by atoms with Crippen LogP contribution in [0.2, 0.25) is 0 Å². The van der Waals surface area contributed by atoms with Crippen molar-refractivity contribution < 1.29 is 28.6 Å². The first-order chi connectivity index (χ1) is 39.5. The first-order valence-electron chi connectivity index (χ1n) is 35.6. The summed E-state index contributed by atoms with van der Waals surface area (Å²) >= 11 is 0. The van der Waals surface area contributed by atoms with E-state index in [9.17, 15) is 14.4 Å². The molecule has 468 valence electrons. The number of hydrogen-bond donors (Lipinski definition) is 0. The Bertz CT molecular complexity index is 1380. The number of unbranched alkanes of at least 4 members (excludes halogenated alkanes) is 47. The number of carbonyl (C=O) groups excluding carboxylic acids is 3. The van der Waals surface area contributed by atoms with E-state index in [2.05, 4.69) is 69.4 Å². The highest BCUT2D eigenvalue weighted by Crippen LogP contribution is 2.18. The van der Waals surface area contributed by atoms with Crippen LogP contribution >= 0.6 is 0 Å². The second kappa shape index (κ2) is 68.9. The van der Waals surface area contributed by atoms with Crippen LogP contribution in [-0.4, -0.2) is 37.2 Å². The van der Waals surface area contributed by atoms with Gasteiger partial charge in [0.2, 0.25) is 0 Å². The summed E-state index contributed by atoms with van der Waals surface area (Å²) < 4.78 is 17.0. The second-order valence-electron chi connectivity index (χ2n) is 24.1. The molecule has 0 N–H and O–H groups in total. The van der Waals surface area contributed by atoms with Crippen molar-refractivity contribution >= 4 is 17.9 Å². The van der Waals surface area contributed by atoms with E-state index in [1.807, 2.05) is 0 Å². The molecule has 0 spiro atoms. The fourth-order valence-corrected chi connectivity index (χ4v) is 10.6. The van der Waals surface area contributed by atoms with Crippen molar-refractivity contribution in [3.8, 4) is 0 Å². The minimum Gasteiger partial charge on any atom is -0.462 e. The zero-order valence-corrected chi connectivity index (χ0v) is 53.9. The Balaban J connectivity index is 4.28. The minimum absolute atomic E-state index is 0.0743. The van der Waals surface area contributed by atoms with Crippen molar-refractivity contribution in [2.45, 2.75) is 393 Å². The summed E-state index contributed by atoms with van der Waals surface area (Å²) in [6.07, 6.45) is 87.1. The molecule has 0 amide bonds. The molecular formula is C74H136O6. The Morgan fingerprint density at radius 3 is 0.713 bits per heavy atom. The molecule has 0 aromatic heterocycles. The van der Waals surface area contributed by atoms with Gasteiger partial charge in [-0.3, -0.25) is 14.4 Å². The molecular weight excluding hydrogens is 985 g/mol. The van der Waals surface area contributed by atoms with Crippen molar-refractivity contribution in [1.82, 2.24) is 0 Å². The Kier molecular flexibility index (Phi) is 66.6. The predicted octanol–water partition coefficient (Wildman–Crippen LogP) is 24.5. The number of rotatable bonds is 66. The highest BCUT2D eigenvalue weighted by Gasteiger charge is 2.19. The van der Waals surface area contributed by atoms with Crippen LogP contribution in [0.15, 0.2) is 48.6 Å². The van der Waals surface area contributed by atoms with Gasteiger partial charge in [-0.1, -0.05) is 313 Å². The van der Waals surface area contributed by atoms with Gasteiger partial charge in [-0.2, -0.15) is 0 Å². The lowest BCUT2D eigenvalue weighted by molar-refractivity contribution is -0.167. The fourth-order valence-electron chi connectivity index (χ4n) is 10.6. The quantitative estimate of drug-likeness (QED) is 0.0261. The van der Waals surface area contributed by atoms with Gasteiger partial charge >= 0.3 is 17.9 Å². The summed E-state index contributed by atoms with van der Waals surface area (Å²) in [7, 11) is 0. The van der Waals surface area contributed by atoms with Gasteiger partial charge in [0.05, 0.1) is 0 Å². The third kappa shape index (κ3) is 66.2. The maximum atomic E-state index is 12.9. The van der Waals surface area contributed by atoms with Crippen LogP contribution in [0.1, 0.15) is 387 Å². The first-order valence-corrected chi connectivity index (χ1v) is 35.6. The summed E-state index contributed by atoms with van der Waals surface area (Å²) in [5.41, 5.74) is 0. The Hall–Kier alpha value is -2.63. The molecule has 0 radical (unpaired) electrons. The summed E-state index contributed by atoms with van der Waals surface area (Å²) in [4.78, 5) is 38.5. The topological polar surface area (TPSA) is 78.9 Å². The van der Waals surface area contributed by atoms with Gasteiger partial charge in [-0.15, -0.1) is 0 Å². The SMILES string of the molecule is CCCCCC/C=C\C/C=C\CCCCCCCCCC(=O)OC(COC(=O)CCCCCCCCC/C=C\CCCCCCCC)COC(=O)CCCCCCCCCCCCCCCCC/C=C\CCCCCCCCCC. The highest BCUT2D eigenvalue weighted by atomic mass is 16.6. The van der Waals surface area contributed by atoms with E-state index in [4.69, 9.17) is 14.2 Å². The smallest absolute Gasteiger partial charge is 0.306 e. The number of carbonyl (C=O) groups is 3. The van der Waals surface area contributed by atoms with Crippen molar-refractivity contribution in [3.63, 3.8) is 0 Å². The Morgan fingerprint density at radius 1 is 0.250 bits per heavy atom. The Morgan fingerprint density at radius 2 is 0.450 bits per heavy atom. The molecule has 6 heteroatoms. The largest absolute Gasteiger partial charge is 0.462 e. The fraction of sp³-hybridized carbons (Fsp3) is 0.851. The standard InChI is InChI=1S/C74H136O6/c1-4-7-10-13-16-19-22-25-28-31-33-34-35-36-37-38-39-40-41-44-46-49-52-55-58-61-64-67-73(76)79-70-71(69-78-72(75)66-63-60-57-54-51-48-45-42-30-27-24-21-18-15-12-9-6-3)80-74(77)68-65-62-59-56-53-50-47-43-32-29-26-23-20-17-14-11-8-5-2/h20,23,27,29-33,71H,4-19,21-22,24-26,28,34-70H2,1-3H3/b23-20-,30-27-,32-29-,33-31-. The normalized spacial score (nSPS) is 12.3. The molecule has 80 heavy (non-hydrogen) atoms. The Labute approximate surface area is 498 Å². The lowest BCUT2D eigenvalue weighted by Gasteiger charge is -2.18. The van der Waals surface area contributed by atoms with Gasteiger partial charge in [0.1, 0.15) is 13.2 Å². The van der Waals surface area contributed by atoms with E-state index in [0.717, 1.165) is 70.6 Å². The maximum absolute atomic E-state index is 12.9. The van der Waals surface area contributed by atoms with Crippen LogP contribution in [0, 0.1) is 0 Å². The van der Waals surface area contributed by atoms with E-state index in [-0.39, 0.29) is 31.1 Å². The first kappa shape index (κ1) is 77.4. The molecule has 0 saturated heterocycles. The molecule has 0 rings (SSSR count). The molecule has 0 fully saturated rings. The van der Waals surface area contributed by atoms with E-state index < -0.39 is 6.10 Å². The zero-order valence-electron chi connectivity index (χ0n) is 53.9. The summed E-state index contributed by atoms with van der Waals surface area (Å²) in [5.74, 6) is -0.861. The summed E-state index contributed by atoms with van der Waals surface area (Å²) in [6.45, 7) is 6.67. The van der Waals surface area contributed by atoms with Gasteiger partial charge < -0.3 is 14.2 Å². The molecule has 1 atom stereocenters. The molecule has 0 aliphatic carbocycles. The second-order valence-corrected chi connectivity index (χ2v) is 24.1. The van der Waals surface area contributed by atoms with Gasteiger partial charge in [0, 0.05) is 19.3 Å². The van der Waals surface area contributed by atoms with Crippen molar-refractivity contribution in [3.05, 3.63) is 48.6 Å². The monoisotopic (exact) mass is 1120 g/mol. The molecule has 0 heterocycles. The van der Waals surface area contributed by atoms with E-state index in [1.165, 1.54) is 276 Å². The van der Waals surface area contributed by atoms with Crippen LogP contribution in [0.3, 0.4) is 0 Å². The average Bonchev–Trinajstić information content (AvgIpc) is 3.46. The van der Waals surface area contributed by atoms with Crippen molar-refractivity contribution in [2.24, 2.45) is 0 Å². The average molecular weight is 1120 g/mol. The molecule has 1 unspecified atom stereocenters. The van der Waals surface area contributed by atoms with Crippen LogP contribution in [-0.2, 0) is 28.6 Å². The van der Waals surface area contributed by atoms with E-state index in [1.54, 1.807) is 0 Å². The highest BCUT2D eigenvalue weighted by molar-refractivity contribution is 5.71. The van der Waals surface area contributed by atoms with Crippen LogP contribution in [0.5, 0.6) is 0 Å². The van der Waals surface area contributed by atoms with Gasteiger partial charge in [0.15, 0.2) is 6.10 Å². The van der Waals surface area contributed by atoms with Crippen LogP contribution in [0.25, 0.3) is 0 Å². The van der Waals surface area contributed by atoms with Crippen molar-refractivity contribution in [1.29, 1.82) is 0 Å². The number of esters is 3. The predicted molar refractivity (Wildman–Crippen MR) is 349 cm³/mol. The number of ether oxygens (including phenoxy) is 3. The number of allylic oxidation sites excluding steroid dienone is 8. The molecule has 0 saturated carbocycles. The van der Waals surface area contributed by atoms with Gasteiger partial charge in [-0.05, 0) is 103 Å². The molecule has 6 nitrogen and oxygen atoms in total. The molecule has 0 aromatic carbocycles. The summed E-state index contributed by atoms with van der Waals surface area (Å²) in [5, 5.41) is 0. The molecule has 0 aliphatic rings. The van der Waals surface area contributed by atoms with Crippen molar-refractivity contribution in [2.75, 3.05) is 13.2 Å². The number of hydrogen-bond acceptors (Lipinski definition) is 6. The van der Waals surface area contributed by atoms with Crippen LogP contribution < -0.4 is 0 Å². The molecule has 0 aliphatic heterocycles. The lowest BCUT2D eigenvalue weighted by atomic mass is 10.0. The summed E-state index contributed by atoms with van der Waals surface area (Å²) in [6, 6.07) is 0. The van der Waals surface area contributed by atoms with Gasteiger partial charge in [0.25, 0.3) is 0 Å². The maximum Gasteiger partial charge on any atom is 0.306 e. The zero-order chi connectivity index (χ0) is 57.8. The lowest BCUT2D eigenvalue weighted by Crippen LogP contribution is -2.30. The molecule has 0 bridgehead atoms. The van der Waals surface area contributed by atoms with Crippen LogP contribution in [0.4, 0.5) is 0 Å². The van der Waals surface area contributed by atoms with Gasteiger partial charge in [-0.25, -0.2) is 0 Å². The van der Waals surface area contributed by atoms with E-state index >= 15 is 0 Å². The molecule has 0 aromatic rings. The third-order valence-corrected chi connectivity index (χ3v) is 16.0. The third-order valence-electron chi connectivity index (χ3n) is 16.0.